The molecule has 0 aromatic heterocycles. The number of hydrogen-bond donors (Lipinski definition) is 2. The van der Waals surface area contributed by atoms with E-state index in [1.54, 1.807) is 25.7 Å². The summed E-state index contributed by atoms with van der Waals surface area (Å²) in [4.78, 5) is 49.0. The van der Waals surface area contributed by atoms with Gasteiger partial charge in [-0.25, -0.2) is 4.79 Å². The van der Waals surface area contributed by atoms with Gasteiger partial charge in [-0.3, -0.25) is 9.59 Å². The van der Waals surface area contributed by atoms with E-state index in [0.717, 1.165) is 0 Å². The number of rotatable bonds is 7. The van der Waals surface area contributed by atoms with E-state index >= 15 is 0 Å². The van der Waals surface area contributed by atoms with Gasteiger partial charge in [0, 0.05) is 19.0 Å². The van der Waals surface area contributed by atoms with Gasteiger partial charge in [-0.1, -0.05) is 13.8 Å². The third kappa shape index (κ3) is 8.58. The van der Waals surface area contributed by atoms with Crippen molar-refractivity contribution in [1.82, 2.24) is 15.5 Å². The zero-order chi connectivity index (χ0) is 21.5. The fraction of sp³-hybridized carbons (Fsp3) is 0.789. The van der Waals surface area contributed by atoms with Crippen LogP contribution in [0.4, 0.5) is 4.79 Å². The number of carbonyl (C=O) groups is 4. The molecule has 0 aromatic carbocycles. The van der Waals surface area contributed by atoms with Crippen molar-refractivity contribution in [2.45, 2.75) is 65.5 Å². The molecule has 1 fully saturated rings. The average Bonchev–Trinajstić information content (AvgIpc) is 2.56. The molecule has 1 aliphatic heterocycles. The van der Waals surface area contributed by atoms with Gasteiger partial charge >= 0.3 is 6.09 Å². The van der Waals surface area contributed by atoms with E-state index in [1.165, 1.54) is 0 Å². The van der Waals surface area contributed by atoms with Gasteiger partial charge in [0.15, 0.2) is 0 Å². The summed E-state index contributed by atoms with van der Waals surface area (Å²) < 4.78 is 5.26. The first kappa shape index (κ1) is 23.7. The molecule has 0 aromatic rings. The van der Waals surface area contributed by atoms with Crippen molar-refractivity contribution in [3.63, 3.8) is 0 Å². The molecule has 1 rings (SSSR count). The number of aliphatic carboxylic acids is 1. The Morgan fingerprint density at radius 2 is 1.71 bits per heavy atom. The summed E-state index contributed by atoms with van der Waals surface area (Å²) in [5.74, 6) is -2.04. The Hall–Kier alpha value is -2.32. The van der Waals surface area contributed by atoms with Crippen LogP contribution in [0.15, 0.2) is 0 Å². The van der Waals surface area contributed by atoms with Crippen molar-refractivity contribution in [2.75, 3.05) is 19.6 Å². The number of carbonyl (C=O) groups excluding carboxylic acids is 4. The van der Waals surface area contributed by atoms with Crippen molar-refractivity contribution in [3.05, 3.63) is 0 Å². The first-order chi connectivity index (χ1) is 12.9. The number of nitrogens with one attached hydrogen (secondary N) is 2. The maximum atomic E-state index is 12.9. The van der Waals surface area contributed by atoms with Crippen LogP contribution in [0.2, 0.25) is 0 Å². The van der Waals surface area contributed by atoms with Crippen LogP contribution >= 0.6 is 0 Å². The fourth-order valence-electron chi connectivity index (χ4n) is 3.03. The lowest BCUT2D eigenvalue weighted by Crippen LogP contribution is -2.53. The first-order valence-electron chi connectivity index (χ1n) is 9.65. The minimum absolute atomic E-state index is 0.192. The van der Waals surface area contributed by atoms with Gasteiger partial charge < -0.3 is 30.2 Å². The molecule has 0 saturated carbocycles. The number of nitrogens with zero attached hydrogens (tertiary/aromatic N) is 1. The number of carboxylic acids is 1. The van der Waals surface area contributed by atoms with Crippen LogP contribution in [0.1, 0.15) is 53.9 Å². The van der Waals surface area contributed by atoms with Crippen LogP contribution in [0, 0.1) is 11.8 Å². The van der Waals surface area contributed by atoms with Crippen LogP contribution in [-0.4, -0.2) is 60.1 Å². The molecule has 0 bridgehead atoms. The smallest absolute Gasteiger partial charge is 0.408 e. The second-order valence-electron chi connectivity index (χ2n) is 8.52. The minimum Gasteiger partial charge on any atom is -0.548 e. The molecular weight excluding hydrogens is 366 g/mol. The molecular formula is C19H32N3O6-. The summed E-state index contributed by atoms with van der Waals surface area (Å²) in [6.45, 7) is 9.40. The number of ether oxygens (including phenoxy) is 1. The van der Waals surface area contributed by atoms with Gasteiger partial charge in [0.05, 0.1) is 12.5 Å². The summed E-state index contributed by atoms with van der Waals surface area (Å²) in [6, 6.07) is -0.696. The maximum Gasteiger partial charge on any atom is 0.408 e. The Kier molecular flexibility index (Phi) is 8.71. The third-order valence-electron chi connectivity index (χ3n) is 4.28. The van der Waals surface area contributed by atoms with Gasteiger partial charge in [0.2, 0.25) is 11.8 Å². The van der Waals surface area contributed by atoms with Gasteiger partial charge in [-0.05, 0) is 46.0 Å². The van der Waals surface area contributed by atoms with Crippen molar-refractivity contribution in [1.29, 1.82) is 0 Å². The zero-order valence-electron chi connectivity index (χ0n) is 17.4. The minimum atomic E-state index is -1.34. The van der Waals surface area contributed by atoms with Crippen LogP contribution in [-0.2, 0) is 19.1 Å². The lowest BCUT2D eigenvalue weighted by molar-refractivity contribution is -0.304. The van der Waals surface area contributed by atoms with E-state index in [1.807, 2.05) is 13.8 Å². The third-order valence-corrected chi connectivity index (χ3v) is 4.28. The largest absolute Gasteiger partial charge is 0.548 e. The predicted octanol–water partition coefficient (Wildman–Crippen LogP) is 0.0305. The first-order valence-corrected chi connectivity index (χ1v) is 9.65. The highest BCUT2D eigenvalue weighted by molar-refractivity contribution is 5.86. The molecule has 1 aliphatic rings. The van der Waals surface area contributed by atoms with Gasteiger partial charge in [0.25, 0.3) is 0 Å². The number of hydrogen-bond acceptors (Lipinski definition) is 6. The molecule has 28 heavy (non-hydrogen) atoms. The maximum absolute atomic E-state index is 12.9. The highest BCUT2D eigenvalue weighted by Crippen LogP contribution is 2.19. The van der Waals surface area contributed by atoms with Gasteiger partial charge in [0.1, 0.15) is 11.6 Å². The number of carboxylic acid groups (broad SMARTS) is 1. The molecule has 1 heterocycles. The Morgan fingerprint density at radius 3 is 2.18 bits per heavy atom. The average molecular weight is 398 g/mol. The highest BCUT2D eigenvalue weighted by atomic mass is 16.6. The van der Waals surface area contributed by atoms with E-state index in [2.05, 4.69) is 10.6 Å². The monoisotopic (exact) mass is 398 g/mol. The second-order valence-corrected chi connectivity index (χ2v) is 8.52. The summed E-state index contributed by atoms with van der Waals surface area (Å²) >= 11 is 0. The zero-order valence-corrected chi connectivity index (χ0v) is 17.4. The van der Waals surface area contributed by atoms with Crippen molar-refractivity contribution in [3.8, 4) is 0 Å². The Balaban J connectivity index is 2.64. The number of piperidine rings is 1. The van der Waals surface area contributed by atoms with Crippen LogP contribution < -0.4 is 15.7 Å². The topological polar surface area (TPSA) is 128 Å². The molecule has 160 valence electrons. The quantitative estimate of drug-likeness (QED) is 0.623. The van der Waals surface area contributed by atoms with E-state index in [0.29, 0.717) is 32.4 Å². The fourth-order valence-corrected chi connectivity index (χ4v) is 3.03. The van der Waals surface area contributed by atoms with Gasteiger partial charge in [-0.2, -0.15) is 0 Å². The van der Waals surface area contributed by atoms with E-state index < -0.39 is 30.3 Å². The van der Waals surface area contributed by atoms with Crippen molar-refractivity contribution in [2.24, 2.45) is 11.8 Å². The molecule has 0 aliphatic carbocycles. The Morgan fingerprint density at radius 1 is 1.14 bits per heavy atom. The SMILES string of the molecule is CC(C)C[C@H](NC(=O)OC(C)(C)C)C(=O)N1CCC(C(=O)NCC(=O)[O-])CC1. The molecule has 9 nitrogen and oxygen atoms in total. The standard InChI is InChI=1S/C19H33N3O6/c1-12(2)10-14(21-18(27)28-19(3,4)5)17(26)22-8-6-13(7-9-22)16(25)20-11-15(23)24/h12-14H,6-11H2,1-5H3,(H,20,25)(H,21,27)(H,23,24)/p-1/t14-/m0/s1. The van der Waals surface area contributed by atoms with Crippen LogP contribution in [0.5, 0.6) is 0 Å². The van der Waals surface area contributed by atoms with Gasteiger partial charge in [-0.15, -0.1) is 0 Å². The lowest BCUT2D eigenvalue weighted by Gasteiger charge is -2.34. The molecule has 9 heteroatoms. The Labute approximate surface area is 166 Å². The molecule has 1 atom stereocenters. The molecule has 0 radical (unpaired) electrons. The second kappa shape index (κ2) is 10.3. The van der Waals surface area contributed by atoms with Crippen molar-refractivity contribution >= 4 is 23.9 Å². The molecule has 1 saturated heterocycles. The summed E-state index contributed by atoms with van der Waals surface area (Å²) in [7, 11) is 0. The normalized spacial score (nSPS) is 16.4. The van der Waals surface area contributed by atoms with E-state index in [4.69, 9.17) is 4.74 Å². The predicted molar refractivity (Wildman–Crippen MR) is 99.9 cm³/mol. The van der Waals surface area contributed by atoms with Crippen LogP contribution in [0.25, 0.3) is 0 Å². The number of likely N-dealkylation sites (tertiary alicyclic amines) is 1. The summed E-state index contributed by atoms with van der Waals surface area (Å²) in [5, 5.41) is 15.4. The molecule has 2 N–H and O–H groups in total. The molecule has 0 spiro atoms. The number of alkyl carbamates (subject to hydrolysis) is 1. The summed E-state index contributed by atoms with van der Waals surface area (Å²) in [6.07, 6.45) is 0.712. The molecule has 0 unspecified atom stereocenters. The van der Waals surface area contributed by atoms with E-state index in [-0.39, 0.29) is 23.7 Å². The molecule has 3 amide bonds. The van der Waals surface area contributed by atoms with E-state index in [9.17, 15) is 24.3 Å². The van der Waals surface area contributed by atoms with Crippen LogP contribution in [0.3, 0.4) is 0 Å². The summed E-state index contributed by atoms with van der Waals surface area (Å²) in [5.41, 5.74) is -0.660. The van der Waals surface area contributed by atoms with Crippen molar-refractivity contribution < 1.29 is 29.0 Å². The number of amides is 3. The lowest BCUT2D eigenvalue weighted by atomic mass is 9.94. The Bertz CT molecular complexity index is 577. The highest BCUT2D eigenvalue weighted by Gasteiger charge is 2.32.